The van der Waals surface area contributed by atoms with Gasteiger partial charge in [0.05, 0.1) is 16.2 Å². The maximum absolute atomic E-state index is 11.0. The molecule has 0 amide bonds. The quantitative estimate of drug-likeness (QED) is 0.926. The Balaban J connectivity index is 1.68. The summed E-state index contributed by atoms with van der Waals surface area (Å²) >= 11 is 3.66. The van der Waals surface area contributed by atoms with Crippen LogP contribution in [0.1, 0.15) is 29.6 Å². The molecule has 20 heavy (non-hydrogen) atoms. The minimum absolute atomic E-state index is 0.0605. The van der Waals surface area contributed by atoms with Crippen molar-refractivity contribution >= 4 is 29.5 Å². The molecule has 2 atom stereocenters. The molecule has 2 aliphatic rings. The number of carbonyl (C=O) groups is 1. The summed E-state index contributed by atoms with van der Waals surface area (Å²) in [4.78, 5) is 15.3. The molecule has 0 aromatic carbocycles. The molecule has 1 aromatic rings. The number of rotatable bonds is 3. The third kappa shape index (κ3) is 3.13. The van der Waals surface area contributed by atoms with Crippen LogP contribution in [-0.2, 0) is 4.74 Å². The predicted octanol–water partition coefficient (Wildman–Crippen LogP) is 2.93. The van der Waals surface area contributed by atoms with Crippen molar-refractivity contribution in [1.29, 1.82) is 0 Å². The average Bonchev–Trinajstić information content (AvgIpc) is 2.87. The van der Waals surface area contributed by atoms with Gasteiger partial charge < -0.3 is 9.84 Å². The average molecular weight is 311 g/mol. The zero-order chi connectivity index (χ0) is 14.0. The third-order valence-electron chi connectivity index (χ3n) is 3.78. The molecule has 1 spiro atoms. The lowest BCUT2D eigenvalue weighted by atomic mass is 9.93. The van der Waals surface area contributed by atoms with Gasteiger partial charge in [0.15, 0.2) is 0 Å². The zero-order valence-corrected chi connectivity index (χ0v) is 12.7. The number of aromatic carboxylic acids is 1. The lowest BCUT2D eigenvalue weighted by Gasteiger charge is -2.37. The molecule has 0 saturated carbocycles. The van der Waals surface area contributed by atoms with Crippen LogP contribution < -0.4 is 0 Å². The van der Waals surface area contributed by atoms with Crippen LogP contribution in [0.5, 0.6) is 0 Å². The van der Waals surface area contributed by atoms with Crippen LogP contribution in [0.3, 0.4) is 0 Å². The Bertz CT molecular complexity index is 503. The number of carboxylic acids is 1. The van der Waals surface area contributed by atoms with E-state index in [0.717, 1.165) is 36.6 Å². The number of hydrogen-bond donors (Lipinski definition) is 1. The number of pyridine rings is 1. The molecule has 0 radical (unpaired) electrons. The molecule has 1 aromatic heterocycles. The molecule has 2 unspecified atom stereocenters. The number of aromatic nitrogens is 1. The van der Waals surface area contributed by atoms with Gasteiger partial charge in [0.25, 0.3) is 0 Å². The number of carboxylic acid groups (broad SMARTS) is 1. The van der Waals surface area contributed by atoms with Gasteiger partial charge in [-0.15, -0.1) is 11.8 Å². The van der Waals surface area contributed by atoms with Crippen molar-refractivity contribution in [3.63, 3.8) is 0 Å². The normalized spacial score (nSPS) is 29.7. The number of ether oxygens (including phenoxy) is 1. The van der Waals surface area contributed by atoms with Crippen molar-refractivity contribution in [2.75, 3.05) is 18.1 Å². The fraction of sp³-hybridized carbons (Fsp3) is 0.571. The Kier molecular flexibility index (Phi) is 4.23. The number of thioether (sulfide) groups is 2. The van der Waals surface area contributed by atoms with E-state index in [1.165, 1.54) is 11.8 Å². The summed E-state index contributed by atoms with van der Waals surface area (Å²) in [5.41, 5.74) is 0.367. The van der Waals surface area contributed by atoms with E-state index in [-0.39, 0.29) is 5.60 Å². The van der Waals surface area contributed by atoms with E-state index in [0.29, 0.717) is 10.8 Å². The molecule has 2 saturated heterocycles. The second kappa shape index (κ2) is 5.95. The summed E-state index contributed by atoms with van der Waals surface area (Å²) < 4.78 is 6.01. The SMILES string of the molecule is O=C(O)c1ccnc(SC2CCOC3(CCSC3)C2)c1. The summed E-state index contributed by atoms with van der Waals surface area (Å²) in [7, 11) is 0. The van der Waals surface area contributed by atoms with Crippen LogP contribution in [0.25, 0.3) is 0 Å². The van der Waals surface area contributed by atoms with Crippen molar-refractivity contribution < 1.29 is 14.6 Å². The van der Waals surface area contributed by atoms with Gasteiger partial charge in [-0.3, -0.25) is 0 Å². The summed E-state index contributed by atoms with van der Waals surface area (Å²) in [6, 6.07) is 3.20. The van der Waals surface area contributed by atoms with E-state index in [2.05, 4.69) is 4.98 Å². The Morgan fingerprint density at radius 1 is 1.60 bits per heavy atom. The second-order valence-electron chi connectivity index (χ2n) is 5.25. The van der Waals surface area contributed by atoms with E-state index in [1.54, 1.807) is 24.0 Å². The molecule has 0 bridgehead atoms. The van der Waals surface area contributed by atoms with Crippen molar-refractivity contribution in [1.82, 2.24) is 4.98 Å². The maximum atomic E-state index is 11.0. The Morgan fingerprint density at radius 3 is 3.25 bits per heavy atom. The molecule has 3 rings (SSSR count). The van der Waals surface area contributed by atoms with Gasteiger partial charge in [0.1, 0.15) is 0 Å². The minimum Gasteiger partial charge on any atom is -0.478 e. The van der Waals surface area contributed by atoms with Gasteiger partial charge >= 0.3 is 5.97 Å². The maximum Gasteiger partial charge on any atom is 0.335 e. The van der Waals surface area contributed by atoms with Crippen LogP contribution in [0.2, 0.25) is 0 Å². The fourth-order valence-corrected chi connectivity index (χ4v) is 5.36. The van der Waals surface area contributed by atoms with Crippen LogP contribution in [0.15, 0.2) is 23.4 Å². The monoisotopic (exact) mass is 311 g/mol. The Morgan fingerprint density at radius 2 is 2.50 bits per heavy atom. The highest BCUT2D eigenvalue weighted by Gasteiger charge is 2.40. The van der Waals surface area contributed by atoms with Gasteiger partial charge in [-0.25, -0.2) is 9.78 Å². The molecule has 4 nitrogen and oxygen atoms in total. The first-order valence-electron chi connectivity index (χ1n) is 6.75. The van der Waals surface area contributed by atoms with Gasteiger partial charge in [-0.1, -0.05) is 0 Å². The molecule has 0 aliphatic carbocycles. The van der Waals surface area contributed by atoms with E-state index < -0.39 is 5.97 Å². The molecule has 6 heteroatoms. The van der Waals surface area contributed by atoms with Gasteiger partial charge in [0.2, 0.25) is 0 Å². The van der Waals surface area contributed by atoms with Crippen LogP contribution in [0.4, 0.5) is 0 Å². The molecule has 108 valence electrons. The van der Waals surface area contributed by atoms with Gasteiger partial charge in [-0.05, 0) is 37.1 Å². The van der Waals surface area contributed by atoms with Crippen molar-refractivity contribution in [3.8, 4) is 0 Å². The van der Waals surface area contributed by atoms with Crippen molar-refractivity contribution in [2.24, 2.45) is 0 Å². The first-order valence-corrected chi connectivity index (χ1v) is 8.78. The van der Waals surface area contributed by atoms with Crippen LogP contribution in [-0.4, -0.2) is 45.0 Å². The molecule has 1 N–H and O–H groups in total. The highest BCUT2D eigenvalue weighted by atomic mass is 32.2. The van der Waals surface area contributed by atoms with Gasteiger partial charge in [-0.2, -0.15) is 11.8 Å². The highest BCUT2D eigenvalue weighted by molar-refractivity contribution is 8.00. The smallest absolute Gasteiger partial charge is 0.335 e. The highest BCUT2D eigenvalue weighted by Crippen LogP contribution is 2.42. The largest absolute Gasteiger partial charge is 0.478 e. The second-order valence-corrected chi connectivity index (χ2v) is 7.68. The molecule has 2 fully saturated rings. The van der Waals surface area contributed by atoms with Crippen molar-refractivity contribution in [2.45, 2.75) is 35.1 Å². The summed E-state index contributed by atoms with van der Waals surface area (Å²) in [6.07, 6.45) is 4.77. The predicted molar refractivity (Wildman–Crippen MR) is 80.7 cm³/mol. The van der Waals surface area contributed by atoms with E-state index in [1.807, 2.05) is 11.8 Å². The zero-order valence-electron chi connectivity index (χ0n) is 11.1. The molecular weight excluding hydrogens is 294 g/mol. The number of hydrogen-bond acceptors (Lipinski definition) is 5. The summed E-state index contributed by atoms with van der Waals surface area (Å²) in [5.74, 6) is 1.38. The van der Waals surface area contributed by atoms with E-state index in [4.69, 9.17) is 9.84 Å². The van der Waals surface area contributed by atoms with Crippen LogP contribution in [0, 0.1) is 0 Å². The Hall–Kier alpha value is -0.720. The first kappa shape index (κ1) is 14.2. The number of nitrogens with zero attached hydrogens (tertiary/aromatic N) is 1. The van der Waals surface area contributed by atoms with E-state index in [9.17, 15) is 4.79 Å². The summed E-state index contributed by atoms with van der Waals surface area (Å²) in [6.45, 7) is 0.802. The minimum atomic E-state index is -0.898. The third-order valence-corrected chi connectivity index (χ3v) is 6.21. The molecular formula is C14H17NO3S2. The standard InChI is InChI=1S/C14H17NO3S2/c16-13(17)10-1-4-15-12(7-10)20-11-2-5-18-14(8-11)3-6-19-9-14/h1,4,7,11H,2-3,5-6,8-9H2,(H,16,17). The molecule has 2 aliphatic heterocycles. The molecule has 3 heterocycles. The van der Waals surface area contributed by atoms with E-state index >= 15 is 0 Å². The first-order chi connectivity index (χ1) is 9.67. The van der Waals surface area contributed by atoms with Crippen LogP contribution >= 0.6 is 23.5 Å². The lowest BCUT2D eigenvalue weighted by Crippen LogP contribution is -2.40. The van der Waals surface area contributed by atoms with Crippen molar-refractivity contribution in [3.05, 3.63) is 23.9 Å². The summed E-state index contributed by atoms with van der Waals surface area (Å²) in [5, 5.41) is 10.3. The van der Waals surface area contributed by atoms with Gasteiger partial charge in [0, 0.05) is 23.8 Å². The lowest BCUT2D eigenvalue weighted by molar-refractivity contribution is -0.0562. The fourth-order valence-electron chi connectivity index (χ4n) is 2.72. The Labute approximate surface area is 126 Å². The topological polar surface area (TPSA) is 59.4 Å².